The standard InChI is InChI=1S/C18H28N2O2/c1-13(2)20-9-7-16(8-10-20)19-18(21)12-22-17-6-5-14(3)15(4)11-17/h5-6,11,13,16H,7-10,12H2,1-4H3,(H,19,21). The molecule has 22 heavy (non-hydrogen) atoms. The maximum Gasteiger partial charge on any atom is 0.258 e. The van der Waals surface area contributed by atoms with Crippen molar-refractivity contribution >= 4 is 5.91 Å². The van der Waals surface area contributed by atoms with E-state index in [2.05, 4.69) is 31.0 Å². The van der Waals surface area contributed by atoms with Gasteiger partial charge in [-0.15, -0.1) is 0 Å². The number of aryl methyl sites for hydroxylation is 2. The summed E-state index contributed by atoms with van der Waals surface area (Å²) in [5.41, 5.74) is 2.41. The Morgan fingerprint density at radius 1 is 1.27 bits per heavy atom. The number of nitrogens with one attached hydrogen (secondary N) is 1. The van der Waals surface area contributed by atoms with Gasteiger partial charge in [-0.2, -0.15) is 0 Å². The van der Waals surface area contributed by atoms with E-state index in [-0.39, 0.29) is 18.6 Å². The summed E-state index contributed by atoms with van der Waals surface area (Å²) in [6.07, 6.45) is 2.04. The average molecular weight is 304 g/mol. The molecule has 1 fully saturated rings. The second kappa shape index (κ2) is 7.63. The van der Waals surface area contributed by atoms with Crippen molar-refractivity contribution < 1.29 is 9.53 Å². The third-order valence-electron chi connectivity index (χ3n) is 4.47. The predicted octanol–water partition coefficient (Wildman–Crippen LogP) is 2.67. The van der Waals surface area contributed by atoms with Crippen LogP contribution in [0.1, 0.15) is 37.8 Å². The molecule has 0 atom stereocenters. The van der Waals surface area contributed by atoms with E-state index in [4.69, 9.17) is 4.74 Å². The Labute approximate surface area is 133 Å². The molecule has 1 aromatic carbocycles. The number of carbonyl (C=O) groups is 1. The molecule has 1 saturated heterocycles. The summed E-state index contributed by atoms with van der Waals surface area (Å²) < 4.78 is 5.58. The quantitative estimate of drug-likeness (QED) is 0.909. The molecule has 4 nitrogen and oxygen atoms in total. The van der Waals surface area contributed by atoms with Crippen LogP contribution in [0.15, 0.2) is 18.2 Å². The van der Waals surface area contributed by atoms with Gasteiger partial charge in [0.25, 0.3) is 5.91 Å². The van der Waals surface area contributed by atoms with Gasteiger partial charge in [-0.25, -0.2) is 0 Å². The normalized spacial score (nSPS) is 16.8. The highest BCUT2D eigenvalue weighted by Crippen LogP contribution is 2.16. The Morgan fingerprint density at radius 2 is 1.95 bits per heavy atom. The second-order valence-corrected chi connectivity index (χ2v) is 6.51. The van der Waals surface area contributed by atoms with Crippen molar-refractivity contribution in [1.29, 1.82) is 0 Å². The number of rotatable bonds is 5. The van der Waals surface area contributed by atoms with Gasteiger partial charge >= 0.3 is 0 Å². The third-order valence-corrected chi connectivity index (χ3v) is 4.47. The summed E-state index contributed by atoms with van der Waals surface area (Å²) in [5.74, 6) is 0.731. The van der Waals surface area contributed by atoms with E-state index in [1.807, 2.05) is 25.1 Å². The summed E-state index contributed by atoms with van der Waals surface area (Å²) in [5, 5.41) is 3.08. The lowest BCUT2D eigenvalue weighted by molar-refractivity contribution is -0.124. The summed E-state index contributed by atoms with van der Waals surface area (Å²) in [6.45, 7) is 10.8. The molecule has 0 bridgehead atoms. The SMILES string of the molecule is Cc1ccc(OCC(=O)NC2CCN(C(C)C)CC2)cc1C. The van der Waals surface area contributed by atoms with Crippen molar-refractivity contribution in [2.75, 3.05) is 19.7 Å². The first-order valence-electron chi connectivity index (χ1n) is 8.19. The largest absolute Gasteiger partial charge is 0.484 e. The van der Waals surface area contributed by atoms with Crippen LogP contribution in [-0.2, 0) is 4.79 Å². The van der Waals surface area contributed by atoms with Crippen molar-refractivity contribution in [3.63, 3.8) is 0 Å². The lowest BCUT2D eigenvalue weighted by Crippen LogP contribution is -2.47. The monoisotopic (exact) mass is 304 g/mol. The van der Waals surface area contributed by atoms with Gasteiger partial charge in [0.05, 0.1) is 0 Å². The molecule has 0 aliphatic carbocycles. The number of hydrogen-bond acceptors (Lipinski definition) is 3. The van der Waals surface area contributed by atoms with E-state index in [1.165, 1.54) is 11.1 Å². The van der Waals surface area contributed by atoms with Gasteiger partial charge in [0.15, 0.2) is 6.61 Å². The molecular formula is C18H28N2O2. The van der Waals surface area contributed by atoms with Crippen molar-refractivity contribution in [1.82, 2.24) is 10.2 Å². The lowest BCUT2D eigenvalue weighted by Gasteiger charge is -2.34. The fourth-order valence-corrected chi connectivity index (χ4v) is 2.78. The Hall–Kier alpha value is -1.55. The zero-order valence-electron chi connectivity index (χ0n) is 14.2. The van der Waals surface area contributed by atoms with E-state index in [1.54, 1.807) is 0 Å². The molecule has 0 aromatic heterocycles. The maximum atomic E-state index is 12.0. The van der Waals surface area contributed by atoms with Crippen LogP contribution < -0.4 is 10.1 Å². The number of carbonyl (C=O) groups excluding carboxylic acids is 1. The van der Waals surface area contributed by atoms with Crippen molar-refractivity contribution in [2.45, 2.75) is 52.6 Å². The molecule has 1 amide bonds. The van der Waals surface area contributed by atoms with E-state index >= 15 is 0 Å². The topological polar surface area (TPSA) is 41.6 Å². The molecule has 1 aliphatic rings. The molecule has 1 N–H and O–H groups in total. The van der Waals surface area contributed by atoms with Crippen LogP contribution in [0, 0.1) is 13.8 Å². The first-order chi connectivity index (χ1) is 10.5. The number of nitrogens with zero attached hydrogens (tertiary/aromatic N) is 1. The number of amides is 1. The first kappa shape index (κ1) is 16.8. The minimum Gasteiger partial charge on any atom is -0.484 e. The molecule has 1 heterocycles. The summed E-state index contributed by atoms with van der Waals surface area (Å²) in [7, 11) is 0. The molecule has 0 spiro atoms. The Kier molecular flexibility index (Phi) is 5.83. The zero-order chi connectivity index (χ0) is 16.1. The molecule has 0 saturated carbocycles. The van der Waals surface area contributed by atoms with Crippen LogP contribution in [0.5, 0.6) is 5.75 Å². The first-order valence-corrected chi connectivity index (χ1v) is 8.19. The maximum absolute atomic E-state index is 12.0. The van der Waals surface area contributed by atoms with Gasteiger partial charge < -0.3 is 15.0 Å². The van der Waals surface area contributed by atoms with E-state index in [0.717, 1.165) is 31.7 Å². The van der Waals surface area contributed by atoms with Crippen LogP contribution in [0.4, 0.5) is 0 Å². The fourth-order valence-electron chi connectivity index (χ4n) is 2.78. The van der Waals surface area contributed by atoms with E-state index in [0.29, 0.717) is 6.04 Å². The smallest absolute Gasteiger partial charge is 0.258 e. The molecular weight excluding hydrogens is 276 g/mol. The van der Waals surface area contributed by atoms with Crippen molar-refractivity contribution in [2.24, 2.45) is 0 Å². The molecule has 2 rings (SSSR count). The minimum absolute atomic E-state index is 0.0266. The Balaban J connectivity index is 1.73. The average Bonchev–Trinajstić information content (AvgIpc) is 2.49. The summed E-state index contributed by atoms with van der Waals surface area (Å²) in [4.78, 5) is 14.5. The molecule has 122 valence electrons. The number of hydrogen-bond donors (Lipinski definition) is 1. The molecule has 0 unspecified atom stereocenters. The Morgan fingerprint density at radius 3 is 2.55 bits per heavy atom. The number of likely N-dealkylation sites (tertiary alicyclic amines) is 1. The van der Waals surface area contributed by atoms with Crippen LogP contribution in [-0.4, -0.2) is 42.6 Å². The third kappa shape index (κ3) is 4.73. The molecule has 1 aromatic rings. The van der Waals surface area contributed by atoms with Gasteiger partial charge in [-0.1, -0.05) is 6.07 Å². The predicted molar refractivity (Wildman–Crippen MR) is 89.3 cm³/mol. The zero-order valence-corrected chi connectivity index (χ0v) is 14.2. The fraction of sp³-hybridized carbons (Fsp3) is 0.611. The molecule has 1 aliphatic heterocycles. The minimum atomic E-state index is -0.0266. The van der Waals surface area contributed by atoms with Gasteiger partial charge in [-0.05, 0) is 63.8 Å². The van der Waals surface area contributed by atoms with E-state index < -0.39 is 0 Å². The van der Waals surface area contributed by atoms with Gasteiger partial charge in [0, 0.05) is 25.2 Å². The van der Waals surface area contributed by atoms with Gasteiger partial charge in [0.2, 0.25) is 0 Å². The lowest BCUT2D eigenvalue weighted by atomic mass is 10.0. The Bertz CT molecular complexity index is 506. The van der Waals surface area contributed by atoms with Gasteiger partial charge in [-0.3, -0.25) is 4.79 Å². The van der Waals surface area contributed by atoms with Crippen LogP contribution >= 0.6 is 0 Å². The molecule has 4 heteroatoms. The number of ether oxygens (including phenoxy) is 1. The number of benzene rings is 1. The molecule has 0 radical (unpaired) electrons. The highest BCUT2D eigenvalue weighted by atomic mass is 16.5. The van der Waals surface area contributed by atoms with Gasteiger partial charge in [0.1, 0.15) is 5.75 Å². The summed E-state index contributed by atoms with van der Waals surface area (Å²) >= 11 is 0. The highest BCUT2D eigenvalue weighted by molar-refractivity contribution is 5.77. The number of piperidine rings is 1. The van der Waals surface area contributed by atoms with Crippen LogP contribution in [0.25, 0.3) is 0 Å². The highest BCUT2D eigenvalue weighted by Gasteiger charge is 2.22. The van der Waals surface area contributed by atoms with Crippen molar-refractivity contribution in [3.8, 4) is 5.75 Å². The van der Waals surface area contributed by atoms with Crippen LogP contribution in [0.3, 0.4) is 0 Å². The second-order valence-electron chi connectivity index (χ2n) is 6.51. The van der Waals surface area contributed by atoms with Crippen molar-refractivity contribution in [3.05, 3.63) is 29.3 Å². The summed E-state index contributed by atoms with van der Waals surface area (Å²) in [6, 6.07) is 6.78. The van der Waals surface area contributed by atoms with Crippen LogP contribution in [0.2, 0.25) is 0 Å². The van der Waals surface area contributed by atoms with E-state index in [9.17, 15) is 4.79 Å².